The highest BCUT2D eigenvalue weighted by Crippen LogP contribution is 2.34. The molecule has 0 N–H and O–H groups in total. The summed E-state index contributed by atoms with van der Waals surface area (Å²) in [4.78, 5) is 34.8. The molecule has 0 aliphatic carbocycles. The maximum atomic E-state index is 13.2. The molecule has 2 aromatic heterocycles. The molecular formula is C19H20N4O3S2. The Bertz CT molecular complexity index is 1040. The van der Waals surface area contributed by atoms with Crippen LogP contribution in [0.5, 0.6) is 0 Å². The van der Waals surface area contributed by atoms with Gasteiger partial charge >= 0.3 is 0 Å². The molecule has 2 aliphatic rings. The Morgan fingerprint density at radius 1 is 1.25 bits per heavy atom. The van der Waals surface area contributed by atoms with Crippen molar-refractivity contribution in [3.8, 4) is 0 Å². The van der Waals surface area contributed by atoms with Gasteiger partial charge in [-0.25, -0.2) is 4.98 Å². The van der Waals surface area contributed by atoms with Crippen LogP contribution < -0.4 is 10.5 Å². The van der Waals surface area contributed by atoms with Crippen molar-refractivity contribution in [3.63, 3.8) is 0 Å². The highest BCUT2D eigenvalue weighted by atomic mass is 32.2. The summed E-state index contributed by atoms with van der Waals surface area (Å²) >= 11 is 6.58. The van der Waals surface area contributed by atoms with Crippen LogP contribution in [-0.4, -0.2) is 56.9 Å². The van der Waals surface area contributed by atoms with E-state index in [1.54, 1.807) is 29.3 Å². The van der Waals surface area contributed by atoms with Crippen molar-refractivity contribution in [1.29, 1.82) is 0 Å². The number of nitrogens with zero attached hydrogens (tertiary/aromatic N) is 4. The van der Waals surface area contributed by atoms with Crippen molar-refractivity contribution in [2.75, 3.05) is 31.2 Å². The summed E-state index contributed by atoms with van der Waals surface area (Å²) in [6.45, 7) is 6.26. The van der Waals surface area contributed by atoms with E-state index in [-0.39, 0.29) is 17.5 Å². The minimum atomic E-state index is -0.207. The van der Waals surface area contributed by atoms with Crippen LogP contribution >= 0.6 is 24.0 Å². The van der Waals surface area contributed by atoms with Gasteiger partial charge in [-0.05, 0) is 32.1 Å². The topological polar surface area (TPSA) is 67.2 Å². The maximum absolute atomic E-state index is 13.2. The zero-order valence-corrected chi connectivity index (χ0v) is 17.3. The third kappa shape index (κ3) is 3.34. The van der Waals surface area contributed by atoms with Gasteiger partial charge in [0.2, 0.25) is 0 Å². The number of hydrogen-bond donors (Lipinski definition) is 0. The van der Waals surface area contributed by atoms with E-state index in [1.807, 2.05) is 24.8 Å². The molecule has 28 heavy (non-hydrogen) atoms. The number of amides is 1. The van der Waals surface area contributed by atoms with Crippen LogP contribution in [0.15, 0.2) is 34.1 Å². The Hall–Kier alpha value is -2.23. The van der Waals surface area contributed by atoms with Gasteiger partial charge in [0.05, 0.1) is 23.7 Å². The number of anilines is 1. The minimum Gasteiger partial charge on any atom is -0.378 e. The fourth-order valence-electron chi connectivity index (χ4n) is 3.29. The average Bonchev–Trinajstić information content (AvgIpc) is 2.98. The highest BCUT2D eigenvalue weighted by molar-refractivity contribution is 8.26. The molecule has 0 aromatic carbocycles. The summed E-state index contributed by atoms with van der Waals surface area (Å²) < 4.78 is 7.44. The van der Waals surface area contributed by atoms with Crippen molar-refractivity contribution in [3.05, 3.63) is 45.2 Å². The Kier molecular flexibility index (Phi) is 5.22. The summed E-state index contributed by atoms with van der Waals surface area (Å²) in [6.07, 6.45) is 3.33. The van der Waals surface area contributed by atoms with Gasteiger partial charge < -0.3 is 9.64 Å². The van der Waals surface area contributed by atoms with Gasteiger partial charge in [-0.1, -0.05) is 30.0 Å². The first kappa shape index (κ1) is 19.1. The van der Waals surface area contributed by atoms with E-state index >= 15 is 0 Å². The summed E-state index contributed by atoms with van der Waals surface area (Å²) in [5.41, 5.74) is 0.762. The number of ether oxygens (including phenoxy) is 1. The number of rotatable bonds is 3. The quantitative estimate of drug-likeness (QED) is 0.561. The van der Waals surface area contributed by atoms with Crippen molar-refractivity contribution < 1.29 is 9.53 Å². The molecule has 146 valence electrons. The third-order valence-corrected chi connectivity index (χ3v) is 6.01. The van der Waals surface area contributed by atoms with Crippen LogP contribution in [0, 0.1) is 0 Å². The fourth-order valence-corrected chi connectivity index (χ4v) is 4.80. The number of thioether (sulfide) groups is 1. The largest absolute Gasteiger partial charge is 0.378 e. The first-order chi connectivity index (χ1) is 13.5. The molecule has 0 saturated carbocycles. The Morgan fingerprint density at radius 2 is 2.00 bits per heavy atom. The van der Waals surface area contributed by atoms with Gasteiger partial charge in [0.1, 0.15) is 15.8 Å². The molecule has 0 atom stereocenters. The predicted molar refractivity (Wildman–Crippen MR) is 115 cm³/mol. The number of fused-ring (bicyclic) bond motifs is 1. The molecule has 7 nitrogen and oxygen atoms in total. The molecule has 2 aliphatic heterocycles. The van der Waals surface area contributed by atoms with Crippen LogP contribution in [0.1, 0.15) is 19.4 Å². The molecule has 2 aromatic rings. The molecule has 0 unspecified atom stereocenters. The van der Waals surface area contributed by atoms with E-state index in [0.717, 1.165) is 0 Å². The van der Waals surface area contributed by atoms with E-state index in [2.05, 4.69) is 0 Å². The molecule has 2 fully saturated rings. The van der Waals surface area contributed by atoms with E-state index in [4.69, 9.17) is 21.9 Å². The Morgan fingerprint density at radius 3 is 2.68 bits per heavy atom. The standard InChI is InChI=1S/C19H20N4O3S2/c1-12(2)23-18(25)14(28-19(23)27)11-13-16(21-7-9-26-10-8-21)20-15-5-3-4-6-22(15)17(13)24/h3-6,11-12H,7-10H2,1-2H3. The lowest BCUT2D eigenvalue weighted by molar-refractivity contribution is -0.123. The number of morpholine rings is 1. The molecule has 4 rings (SSSR count). The van der Waals surface area contributed by atoms with Crippen LogP contribution in [-0.2, 0) is 9.53 Å². The first-order valence-electron chi connectivity index (χ1n) is 9.08. The minimum absolute atomic E-state index is 0.0343. The van der Waals surface area contributed by atoms with Gasteiger partial charge in [0.15, 0.2) is 0 Å². The summed E-state index contributed by atoms with van der Waals surface area (Å²) in [7, 11) is 0. The van der Waals surface area contributed by atoms with Crippen LogP contribution in [0.2, 0.25) is 0 Å². The monoisotopic (exact) mass is 416 g/mol. The summed E-state index contributed by atoms with van der Waals surface area (Å²) in [5, 5.41) is 0. The lowest BCUT2D eigenvalue weighted by Gasteiger charge is -2.29. The van der Waals surface area contributed by atoms with E-state index in [9.17, 15) is 9.59 Å². The first-order valence-corrected chi connectivity index (χ1v) is 10.3. The lowest BCUT2D eigenvalue weighted by Crippen LogP contribution is -2.38. The third-order valence-electron chi connectivity index (χ3n) is 4.67. The molecule has 0 radical (unpaired) electrons. The summed E-state index contributed by atoms with van der Waals surface area (Å²) in [5.74, 6) is 0.407. The molecule has 0 spiro atoms. The van der Waals surface area contributed by atoms with E-state index in [1.165, 1.54) is 16.2 Å². The van der Waals surface area contributed by atoms with Gasteiger partial charge in [-0.15, -0.1) is 0 Å². The van der Waals surface area contributed by atoms with E-state index < -0.39 is 0 Å². The van der Waals surface area contributed by atoms with Crippen molar-refractivity contribution in [2.45, 2.75) is 19.9 Å². The SMILES string of the molecule is CC(C)N1C(=O)C(=Cc2c(N3CCOCC3)nc3ccccn3c2=O)SC1=S. The number of thiocarbonyl (C=S) groups is 1. The summed E-state index contributed by atoms with van der Waals surface area (Å²) in [6, 6.07) is 5.39. The second-order valence-electron chi connectivity index (χ2n) is 6.83. The maximum Gasteiger partial charge on any atom is 0.267 e. The number of aromatic nitrogens is 2. The molecule has 0 bridgehead atoms. The number of hydrogen-bond acceptors (Lipinski definition) is 7. The van der Waals surface area contributed by atoms with Gasteiger partial charge in [-0.3, -0.25) is 18.9 Å². The molecule has 4 heterocycles. The lowest BCUT2D eigenvalue weighted by atomic mass is 10.2. The predicted octanol–water partition coefficient (Wildman–Crippen LogP) is 2.14. The number of pyridine rings is 1. The fraction of sp³-hybridized carbons (Fsp3) is 0.368. The highest BCUT2D eigenvalue weighted by Gasteiger charge is 2.34. The van der Waals surface area contributed by atoms with E-state index in [0.29, 0.717) is 52.6 Å². The van der Waals surface area contributed by atoms with Gasteiger partial charge in [0, 0.05) is 25.3 Å². The smallest absolute Gasteiger partial charge is 0.267 e. The normalized spacial score (nSPS) is 19.5. The van der Waals surface area contributed by atoms with Crippen molar-refractivity contribution >= 4 is 51.7 Å². The number of carbonyl (C=O) groups is 1. The van der Waals surface area contributed by atoms with Gasteiger partial charge in [0.25, 0.3) is 11.5 Å². The zero-order chi connectivity index (χ0) is 19.8. The zero-order valence-electron chi connectivity index (χ0n) is 15.6. The van der Waals surface area contributed by atoms with Crippen LogP contribution in [0.4, 0.5) is 5.82 Å². The molecule has 1 amide bonds. The van der Waals surface area contributed by atoms with Crippen LogP contribution in [0.25, 0.3) is 11.7 Å². The Labute approximate surface area is 172 Å². The Balaban J connectivity index is 1.88. The molecular weight excluding hydrogens is 396 g/mol. The van der Waals surface area contributed by atoms with Gasteiger partial charge in [-0.2, -0.15) is 0 Å². The second kappa shape index (κ2) is 7.65. The number of carbonyl (C=O) groups excluding carboxylic acids is 1. The molecule has 2 saturated heterocycles. The van der Waals surface area contributed by atoms with Crippen molar-refractivity contribution in [2.24, 2.45) is 0 Å². The average molecular weight is 417 g/mol. The van der Waals surface area contributed by atoms with Crippen molar-refractivity contribution in [1.82, 2.24) is 14.3 Å². The van der Waals surface area contributed by atoms with Crippen LogP contribution in [0.3, 0.4) is 0 Å². The molecule has 9 heteroatoms. The second-order valence-corrected chi connectivity index (χ2v) is 8.50.